The third kappa shape index (κ3) is 19.5. The highest BCUT2D eigenvalue weighted by Gasteiger charge is 2.53. The molecule has 13 N–H and O–H groups in total. The maximum absolute atomic E-state index is 14.3. The van der Waals surface area contributed by atoms with Gasteiger partial charge in [-0.25, -0.2) is 31.8 Å². The normalized spacial score (nSPS) is 30.5. The van der Waals surface area contributed by atoms with Crippen LogP contribution in [0.3, 0.4) is 0 Å². The highest BCUT2D eigenvalue weighted by molar-refractivity contribution is 8.68. The van der Waals surface area contributed by atoms with Gasteiger partial charge in [-0.3, -0.25) is 4.79 Å². The van der Waals surface area contributed by atoms with Crippen molar-refractivity contribution in [1.82, 2.24) is 20.3 Å². The fourth-order valence-corrected chi connectivity index (χ4v) is 20.7. The maximum Gasteiger partial charge on any atom is 0.341 e. The van der Waals surface area contributed by atoms with E-state index in [1.54, 1.807) is 26.6 Å². The smallest absolute Gasteiger partial charge is 0.341 e. The van der Waals surface area contributed by atoms with Crippen LogP contribution in [0.1, 0.15) is 54.8 Å². The third-order valence-electron chi connectivity index (χ3n) is 14.7. The van der Waals surface area contributed by atoms with Crippen LogP contribution in [-0.2, 0) is 108 Å². The van der Waals surface area contributed by atoms with Crippen LogP contribution in [0.2, 0.25) is 0 Å². The second-order valence-electron chi connectivity index (χ2n) is 20.5. The van der Waals surface area contributed by atoms with Crippen LogP contribution in [-0.4, -0.2) is 228 Å². The number of azide groups is 1. The molecule has 0 saturated carbocycles. The first kappa shape index (κ1) is 80.0. The van der Waals surface area contributed by atoms with Gasteiger partial charge in [0.05, 0.1) is 79.9 Å². The molecule has 0 radical (unpaired) electrons. The van der Waals surface area contributed by atoms with E-state index in [0.29, 0.717) is 30.1 Å². The molecule has 10 unspecified atom stereocenters. The minimum Gasteiger partial charge on any atom is -0.422 e. The van der Waals surface area contributed by atoms with E-state index in [1.807, 2.05) is 6.92 Å². The van der Waals surface area contributed by atoms with Crippen LogP contribution in [0, 0.1) is 23.3 Å². The Balaban J connectivity index is 0.000000275. The SMILES string of the molecule is C.CCCCNC(=O)c1cn([C@@H]2C(O)[C@H](SC3O[C@H](CO)C(O)C(OCc4cc5c(F)c(F)ccc5oc4=O)[C@H]3O)OC(CO)[C@@H]2O)nn1.S=S=S=S=S=S=S.[N-]=[N+]=N[C@@H]1C(O)[C@H](SC2O[C@H](CO)C(O)C(OCc3cc4c(F)c(F)ccc4oc3=O)[C@H]2O)OC(CO)[C@@H]1O. The Hall–Kier alpha value is -3.98. The van der Waals surface area contributed by atoms with Crippen LogP contribution < -0.4 is 16.6 Å². The molecular formula is C52H65F4N7O23S9. The Bertz CT molecular complexity index is 3790. The summed E-state index contributed by atoms with van der Waals surface area (Å²) in [6, 6.07) is 3.08. The van der Waals surface area contributed by atoms with Crippen LogP contribution in [0.5, 0.6) is 0 Å². The lowest BCUT2D eigenvalue weighted by atomic mass is 9.97. The third-order valence-corrected chi connectivity index (χ3v) is 26.2. The summed E-state index contributed by atoms with van der Waals surface area (Å²) < 4.78 is 101. The van der Waals surface area contributed by atoms with Gasteiger partial charge >= 0.3 is 11.3 Å². The molecule has 0 spiro atoms. The number of nitrogens with zero attached hydrogens (tertiary/aromatic N) is 6. The van der Waals surface area contributed by atoms with Gasteiger partial charge in [-0.1, -0.05) is 54.6 Å². The lowest BCUT2D eigenvalue weighted by molar-refractivity contribution is -0.225. The van der Waals surface area contributed by atoms with Crippen molar-refractivity contribution in [3.63, 3.8) is 0 Å². The Morgan fingerprint density at radius 1 is 0.653 bits per heavy atom. The van der Waals surface area contributed by atoms with E-state index < -0.39 is 199 Å². The van der Waals surface area contributed by atoms with E-state index in [1.165, 1.54) is 24.0 Å². The molecule has 0 bridgehead atoms. The standard InChI is InChI=1S/C29H36F2N4O12S.C22H25F2N3O11S.CH4.S7/c1-2-3-6-32-26(42)15-8-35(34-33-15)20-21(38)17(9-36)46-28(23(20)40)48-29-24(41)25(22(39)18(10-37)47-29)44-11-12-7-13-16(45-27(12)43)5-4-14(30)19(13)31;23-9-1-2-10-8(13(9)24)3-7(20(34)36-10)6-35-19-16(31)12(5-29)38-22(18(19)33)39-21-17(32)14(26-27-25)15(30)11(4-28)37-21;;1-3-5-7-6-4-2/h4-5,7-8,17-18,20-25,28-29,36-41H,2-3,6,9-11H2,1H3,(H,32,42);1-3,11-12,14-19,21-22,28-33H,4-6H2;1H4;/t17?,18-,20+,21+,22?,23?,24-,25?,28+,29?;11?,12-,14+,15+,16?,17?,18-,19?,21+,22?;;/m11../s1. The number of halogens is 4. The molecule has 1 amide bonds. The Morgan fingerprint density at radius 3 is 1.52 bits per heavy atom. The summed E-state index contributed by atoms with van der Waals surface area (Å²) in [6.45, 7) is -1.77. The summed E-state index contributed by atoms with van der Waals surface area (Å²) in [5, 5.41) is 139. The molecule has 3 aromatic heterocycles. The zero-order valence-corrected chi connectivity index (χ0v) is 55.5. The lowest BCUT2D eigenvalue weighted by Crippen LogP contribution is -2.61. The summed E-state index contributed by atoms with van der Waals surface area (Å²) >= 11 is 10.5. The number of unbranched alkanes of at least 4 members (excludes halogenated alkanes) is 1. The predicted molar refractivity (Wildman–Crippen MR) is 346 cm³/mol. The molecule has 5 aromatic rings. The second-order valence-corrected chi connectivity index (χ2v) is 31.8. The number of thioether (sulfide) groups is 2. The largest absolute Gasteiger partial charge is 0.422 e. The number of hydrogen-bond acceptors (Lipinski definition) is 30. The molecule has 4 saturated heterocycles. The van der Waals surface area contributed by atoms with Gasteiger partial charge in [0.1, 0.15) is 118 Å². The highest BCUT2D eigenvalue weighted by Crippen LogP contribution is 2.42. The summed E-state index contributed by atoms with van der Waals surface area (Å²) in [5.41, 5.74) is 0.498. The van der Waals surface area contributed by atoms with E-state index in [4.69, 9.17) is 42.8 Å². The van der Waals surface area contributed by atoms with Crippen molar-refractivity contribution >= 4 is 118 Å². The highest BCUT2D eigenvalue weighted by atomic mass is 33.4. The molecule has 7 heterocycles. The van der Waals surface area contributed by atoms with E-state index in [0.717, 1.165) is 53.9 Å². The van der Waals surface area contributed by atoms with Crippen molar-refractivity contribution in [1.29, 1.82) is 0 Å². The number of amides is 1. The van der Waals surface area contributed by atoms with Gasteiger partial charge in [0.2, 0.25) is 0 Å². The minimum absolute atomic E-state index is 0. The van der Waals surface area contributed by atoms with Crippen LogP contribution in [0.15, 0.2) is 66.1 Å². The van der Waals surface area contributed by atoms with Crippen molar-refractivity contribution in [2.45, 2.75) is 160 Å². The molecule has 9 rings (SSSR count). The first-order valence-electron chi connectivity index (χ1n) is 27.7. The van der Waals surface area contributed by atoms with Crippen molar-refractivity contribution in [2.24, 2.45) is 5.11 Å². The van der Waals surface area contributed by atoms with Gasteiger partial charge in [0.25, 0.3) is 5.91 Å². The van der Waals surface area contributed by atoms with E-state index in [-0.39, 0.29) is 46.2 Å². The molecule has 0 aliphatic carbocycles. The zero-order chi connectivity index (χ0) is 68.7. The number of hydrogen-bond donors (Lipinski definition) is 13. The van der Waals surface area contributed by atoms with Gasteiger partial charge in [-0.15, -0.1) is 5.10 Å². The van der Waals surface area contributed by atoms with Crippen molar-refractivity contribution in [3.05, 3.63) is 114 Å². The summed E-state index contributed by atoms with van der Waals surface area (Å²) in [4.78, 5) is 39.9. The zero-order valence-electron chi connectivity index (χ0n) is 48.2. The molecule has 20 atom stereocenters. The molecule has 95 heavy (non-hydrogen) atoms. The molecule has 4 aliphatic rings. The number of benzene rings is 2. The number of carbonyl (C=O) groups excluding carboxylic acids is 1. The first-order valence-corrected chi connectivity index (χ1v) is 37.6. The van der Waals surface area contributed by atoms with Gasteiger partial charge in [-0.2, -0.15) is 0 Å². The predicted octanol–water partition coefficient (Wildman–Crippen LogP) is -1.20. The van der Waals surface area contributed by atoms with E-state index >= 15 is 0 Å². The number of nitrogens with one attached hydrogen (secondary N) is 1. The topological polar surface area (TPSA) is 467 Å². The number of rotatable bonds is 20. The number of aromatic nitrogens is 3. The summed E-state index contributed by atoms with van der Waals surface area (Å²) in [5.74, 6) is -5.38. The molecule has 43 heteroatoms. The second kappa shape index (κ2) is 38.0. The molecule has 528 valence electrons. The monoisotopic (exact) mass is 1520 g/mol. The molecule has 4 aliphatic heterocycles. The first-order chi connectivity index (χ1) is 45.0. The van der Waals surface area contributed by atoms with E-state index in [2.05, 4.69) is 48.0 Å². The Kier molecular flexibility index (Phi) is 32.0. The number of fused-ring (bicyclic) bond motifs is 2. The fraction of sp³-hybridized carbons (Fsp3) is 0.596. The van der Waals surface area contributed by atoms with Gasteiger partial charge < -0.3 is 104 Å². The average molecular weight is 1520 g/mol. The van der Waals surface area contributed by atoms with Crippen LogP contribution >= 0.6 is 23.5 Å². The van der Waals surface area contributed by atoms with Crippen LogP contribution in [0.25, 0.3) is 32.4 Å². The molecule has 2 aromatic carbocycles. The minimum atomic E-state index is -1.70. The number of aliphatic hydroxyl groups is 12. The lowest BCUT2D eigenvalue weighted by Gasteiger charge is -2.46. The molecule has 4 fully saturated rings. The number of ether oxygens (including phenoxy) is 6. The average Bonchev–Trinajstić information content (AvgIpc) is 1.66. The fourth-order valence-electron chi connectivity index (χ4n) is 9.80. The Morgan fingerprint density at radius 2 is 1.08 bits per heavy atom. The van der Waals surface area contributed by atoms with Crippen molar-refractivity contribution in [3.8, 4) is 0 Å². The van der Waals surface area contributed by atoms with Crippen molar-refractivity contribution < 1.29 is 121 Å². The van der Waals surface area contributed by atoms with Gasteiger partial charge in [0, 0.05) is 78.2 Å². The number of carbonyl (C=O) groups is 1. The molecule has 30 nitrogen and oxygen atoms in total. The quantitative estimate of drug-likeness (QED) is 0.0109. The summed E-state index contributed by atoms with van der Waals surface area (Å²) in [6.07, 6.45) is -18.3. The van der Waals surface area contributed by atoms with Crippen LogP contribution in [0.4, 0.5) is 17.6 Å². The van der Waals surface area contributed by atoms with E-state index in [9.17, 15) is 93.2 Å². The summed E-state index contributed by atoms with van der Waals surface area (Å²) in [7, 11) is 7.36. The Labute approximate surface area is 567 Å². The molecular weight excluding hydrogens is 1460 g/mol. The van der Waals surface area contributed by atoms with Gasteiger partial charge in [0.15, 0.2) is 29.0 Å². The van der Waals surface area contributed by atoms with Crippen molar-refractivity contribution in [2.75, 3.05) is 33.0 Å². The number of aliphatic hydroxyl groups excluding tert-OH is 12. The maximum atomic E-state index is 14.3. The van der Waals surface area contributed by atoms with Gasteiger partial charge in [-0.05, 0) is 48.4 Å².